The zero-order valence-corrected chi connectivity index (χ0v) is 11.0. The number of aliphatic hydroxyl groups is 1. The van der Waals surface area contributed by atoms with E-state index in [0.29, 0.717) is 17.5 Å². The van der Waals surface area contributed by atoms with Crippen LogP contribution in [0.1, 0.15) is 37.9 Å². The van der Waals surface area contributed by atoms with E-state index in [1.165, 1.54) is 12.6 Å². The summed E-state index contributed by atoms with van der Waals surface area (Å²) >= 11 is 0. The standard InChI is InChI=1S/C15H19FN2O/c1-15(6-3-7-15)18-9-13(19)10-4-2-5-12-14(10)11(16)8-17-12/h2,4-5,8,13,17-19H,3,6-7,9H2,1H3/t13-/m0/s1. The fourth-order valence-electron chi connectivity index (χ4n) is 2.78. The van der Waals surface area contributed by atoms with Gasteiger partial charge in [-0.15, -0.1) is 0 Å². The molecular formula is C15H19FN2O. The van der Waals surface area contributed by atoms with E-state index in [9.17, 15) is 9.50 Å². The molecule has 0 aliphatic heterocycles. The van der Waals surface area contributed by atoms with Crippen LogP contribution in [0.3, 0.4) is 0 Å². The molecule has 0 unspecified atom stereocenters. The van der Waals surface area contributed by atoms with Crippen molar-refractivity contribution in [2.24, 2.45) is 0 Å². The second kappa shape index (κ2) is 4.62. The maximum Gasteiger partial charge on any atom is 0.148 e. The van der Waals surface area contributed by atoms with Crippen molar-refractivity contribution in [1.29, 1.82) is 0 Å². The zero-order valence-electron chi connectivity index (χ0n) is 11.0. The summed E-state index contributed by atoms with van der Waals surface area (Å²) < 4.78 is 13.8. The molecule has 1 saturated carbocycles. The van der Waals surface area contributed by atoms with Crippen molar-refractivity contribution in [3.63, 3.8) is 0 Å². The lowest BCUT2D eigenvalue weighted by Crippen LogP contribution is -2.49. The van der Waals surface area contributed by atoms with Crippen LogP contribution in [0.5, 0.6) is 0 Å². The lowest BCUT2D eigenvalue weighted by Gasteiger charge is -2.40. The predicted octanol–water partition coefficient (Wildman–Crippen LogP) is 2.87. The van der Waals surface area contributed by atoms with E-state index in [0.717, 1.165) is 18.4 Å². The summed E-state index contributed by atoms with van der Waals surface area (Å²) in [6.07, 6.45) is 4.17. The molecule has 4 heteroatoms. The molecular weight excluding hydrogens is 243 g/mol. The van der Waals surface area contributed by atoms with Gasteiger partial charge in [-0.05, 0) is 37.8 Å². The first-order valence-electron chi connectivity index (χ1n) is 6.78. The van der Waals surface area contributed by atoms with Crippen LogP contribution in [0.25, 0.3) is 10.9 Å². The predicted molar refractivity (Wildman–Crippen MR) is 73.5 cm³/mol. The summed E-state index contributed by atoms with van der Waals surface area (Å²) in [6.45, 7) is 2.63. The number of aromatic amines is 1. The second-order valence-corrected chi connectivity index (χ2v) is 5.72. The minimum atomic E-state index is -0.688. The van der Waals surface area contributed by atoms with E-state index in [-0.39, 0.29) is 11.4 Å². The van der Waals surface area contributed by atoms with Crippen molar-refractivity contribution < 1.29 is 9.50 Å². The van der Waals surface area contributed by atoms with Gasteiger partial charge < -0.3 is 15.4 Å². The largest absolute Gasteiger partial charge is 0.387 e. The summed E-state index contributed by atoms with van der Waals surface area (Å²) in [5, 5.41) is 14.2. The number of fused-ring (bicyclic) bond motifs is 1. The average molecular weight is 262 g/mol. The third kappa shape index (κ3) is 2.26. The maximum absolute atomic E-state index is 13.8. The van der Waals surface area contributed by atoms with Gasteiger partial charge in [0.1, 0.15) is 5.82 Å². The highest BCUT2D eigenvalue weighted by atomic mass is 19.1. The molecule has 1 heterocycles. The molecule has 1 aromatic carbocycles. The van der Waals surface area contributed by atoms with Crippen molar-refractivity contribution in [3.8, 4) is 0 Å². The third-order valence-electron chi connectivity index (χ3n) is 4.23. The Morgan fingerprint density at radius 1 is 1.47 bits per heavy atom. The van der Waals surface area contributed by atoms with E-state index in [4.69, 9.17) is 0 Å². The monoisotopic (exact) mass is 262 g/mol. The van der Waals surface area contributed by atoms with Crippen LogP contribution >= 0.6 is 0 Å². The van der Waals surface area contributed by atoms with Crippen LogP contribution in [0.4, 0.5) is 4.39 Å². The Morgan fingerprint density at radius 2 is 2.26 bits per heavy atom. The Balaban J connectivity index is 1.81. The maximum atomic E-state index is 13.8. The zero-order chi connectivity index (χ0) is 13.5. The average Bonchev–Trinajstić information content (AvgIpc) is 2.76. The fourth-order valence-corrected chi connectivity index (χ4v) is 2.78. The van der Waals surface area contributed by atoms with Crippen molar-refractivity contribution in [2.45, 2.75) is 37.8 Å². The molecule has 0 bridgehead atoms. The molecule has 1 aromatic heterocycles. The quantitative estimate of drug-likeness (QED) is 0.793. The molecule has 19 heavy (non-hydrogen) atoms. The summed E-state index contributed by atoms with van der Waals surface area (Å²) in [4.78, 5) is 2.87. The highest BCUT2D eigenvalue weighted by Gasteiger charge is 2.31. The van der Waals surface area contributed by atoms with Crippen LogP contribution < -0.4 is 5.32 Å². The van der Waals surface area contributed by atoms with Gasteiger partial charge in [0.15, 0.2) is 0 Å². The number of halogens is 1. The molecule has 1 fully saturated rings. The number of nitrogens with one attached hydrogen (secondary N) is 2. The normalized spacial score (nSPS) is 19.3. The molecule has 102 valence electrons. The minimum Gasteiger partial charge on any atom is -0.387 e. The smallest absolute Gasteiger partial charge is 0.148 e. The number of hydrogen-bond acceptors (Lipinski definition) is 2. The first-order valence-corrected chi connectivity index (χ1v) is 6.78. The van der Waals surface area contributed by atoms with Crippen LogP contribution in [-0.2, 0) is 0 Å². The van der Waals surface area contributed by atoms with E-state index >= 15 is 0 Å². The summed E-state index contributed by atoms with van der Waals surface area (Å²) in [5.74, 6) is -0.306. The lowest BCUT2D eigenvalue weighted by molar-refractivity contribution is 0.133. The van der Waals surface area contributed by atoms with Gasteiger partial charge in [0.25, 0.3) is 0 Å². The second-order valence-electron chi connectivity index (χ2n) is 5.72. The number of aliphatic hydroxyl groups excluding tert-OH is 1. The highest BCUT2D eigenvalue weighted by molar-refractivity contribution is 5.84. The minimum absolute atomic E-state index is 0.144. The Hall–Kier alpha value is -1.39. The Kier molecular flexibility index (Phi) is 3.07. The Morgan fingerprint density at radius 3 is 2.95 bits per heavy atom. The molecule has 0 amide bonds. The summed E-state index contributed by atoms with van der Waals surface area (Å²) in [5.41, 5.74) is 1.52. The molecule has 1 atom stereocenters. The van der Waals surface area contributed by atoms with E-state index in [2.05, 4.69) is 17.2 Å². The van der Waals surface area contributed by atoms with Gasteiger partial charge in [-0.2, -0.15) is 0 Å². The third-order valence-corrected chi connectivity index (χ3v) is 4.23. The number of hydrogen-bond donors (Lipinski definition) is 3. The van der Waals surface area contributed by atoms with Gasteiger partial charge in [-0.3, -0.25) is 0 Å². The van der Waals surface area contributed by atoms with Crippen molar-refractivity contribution in [3.05, 3.63) is 35.8 Å². The molecule has 2 aromatic rings. The highest BCUT2D eigenvalue weighted by Crippen LogP contribution is 2.32. The number of rotatable bonds is 4. The summed E-state index contributed by atoms with van der Waals surface area (Å²) in [6, 6.07) is 5.44. The van der Waals surface area contributed by atoms with Gasteiger partial charge in [-0.1, -0.05) is 12.1 Å². The van der Waals surface area contributed by atoms with Gasteiger partial charge >= 0.3 is 0 Å². The van der Waals surface area contributed by atoms with Crippen LogP contribution in [-0.4, -0.2) is 22.2 Å². The molecule has 1 aliphatic carbocycles. The van der Waals surface area contributed by atoms with Crippen LogP contribution in [0.2, 0.25) is 0 Å². The van der Waals surface area contributed by atoms with Gasteiger partial charge in [0, 0.05) is 29.2 Å². The fraction of sp³-hybridized carbons (Fsp3) is 0.467. The molecule has 3 N–H and O–H groups in total. The molecule has 1 aliphatic rings. The van der Waals surface area contributed by atoms with Gasteiger partial charge in [0.2, 0.25) is 0 Å². The van der Waals surface area contributed by atoms with Crippen molar-refractivity contribution >= 4 is 10.9 Å². The molecule has 0 spiro atoms. The number of H-pyrrole nitrogens is 1. The SMILES string of the molecule is CC1(NC[C@H](O)c2cccc3[nH]cc(F)c23)CCC1. The summed E-state index contributed by atoms with van der Waals surface area (Å²) in [7, 11) is 0. The van der Waals surface area contributed by atoms with E-state index in [1.807, 2.05) is 12.1 Å². The van der Waals surface area contributed by atoms with Crippen molar-refractivity contribution in [1.82, 2.24) is 10.3 Å². The molecule has 0 radical (unpaired) electrons. The number of aromatic nitrogens is 1. The van der Waals surface area contributed by atoms with Crippen molar-refractivity contribution in [2.75, 3.05) is 6.54 Å². The van der Waals surface area contributed by atoms with E-state index < -0.39 is 6.10 Å². The first-order chi connectivity index (χ1) is 9.09. The first kappa shape index (κ1) is 12.6. The lowest BCUT2D eigenvalue weighted by atomic mass is 9.78. The van der Waals surface area contributed by atoms with Crippen LogP contribution in [0.15, 0.2) is 24.4 Å². The Bertz CT molecular complexity index is 589. The molecule has 3 rings (SSSR count). The molecule has 0 saturated heterocycles. The Labute approximate surface area is 111 Å². The van der Waals surface area contributed by atoms with Crippen LogP contribution in [0, 0.1) is 5.82 Å². The molecule has 3 nitrogen and oxygen atoms in total. The topological polar surface area (TPSA) is 48.0 Å². The number of β-amino-alcohol motifs (C(OH)–C–C–N with tert-alkyl or cyclic N) is 1. The van der Waals surface area contributed by atoms with Gasteiger partial charge in [-0.25, -0.2) is 4.39 Å². The van der Waals surface area contributed by atoms with E-state index in [1.54, 1.807) is 6.07 Å². The number of benzene rings is 1. The van der Waals surface area contributed by atoms with Gasteiger partial charge in [0.05, 0.1) is 6.10 Å².